The minimum Gasteiger partial charge on any atom is -0.506 e. The summed E-state index contributed by atoms with van der Waals surface area (Å²) < 4.78 is 0. The second-order valence-corrected chi connectivity index (χ2v) is 1.76. The molecule has 0 spiro atoms. The molecule has 0 aromatic heterocycles. The van der Waals surface area contributed by atoms with Crippen molar-refractivity contribution in [2.24, 2.45) is 0 Å². The first-order valence-corrected chi connectivity index (χ1v) is 2.92. The highest BCUT2D eigenvalue weighted by molar-refractivity contribution is 5.15. The molecule has 0 fully saturated rings. The van der Waals surface area contributed by atoms with Crippen LogP contribution in [0.25, 0.3) is 0 Å². The molecule has 2 heteroatoms. The van der Waals surface area contributed by atoms with Crippen LogP contribution in [0.4, 0.5) is 0 Å². The second kappa shape index (κ2) is 4.01. The second-order valence-electron chi connectivity index (χ2n) is 1.76. The molecule has 0 atom stereocenters. The minimum atomic E-state index is 0.292. The van der Waals surface area contributed by atoms with Gasteiger partial charge >= 0.3 is 0 Å². The average Bonchev–Trinajstić information content (AvgIpc) is 1.87. The first-order valence-electron chi connectivity index (χ1n) is 2.92. The van der Waals surface area contributed by atoms with Crippen molar-refractivity contribution in [3.63, 3.8) is 0 Å². The van der Waals surface area contributed by atoms with E-state index in [0.717, 1.165) is 5.70 Å². The standard InChI is InChI=1S/C7H13NO/c1-4-5-7(9)6(2)8-3/h4-5,8-9H,1-3H3/b5-4-,7-6-. The molecule has 0 bridgehead atoms. The molecule has 9 heavy (non-hydrogen) atoms. The molecule has 0 aromatic rings. The van der Waals surface area contributed by atoms with Crippen molar-refractivity contribution < 1.29 is 5.11 Å². The molecule has 0 amide bonds. The summed E-state index contributed by atoms with van der Waals surface area (Å²) in [7, 11) is 1.77. The van der Waals surface area contributed by atoms with Crippen LogP contribution in [0.3, 0.4) is 0 Å². The van der Waals surface area contributed by atoms with Crippen molar-refractivity contribution >= 4 is 0 Å². The Morgan fingerprint density at radius 1 is 1.56 bits per heavy atom. The van der Waals surface area contributed by atoms with E-state index >= 15 is 0 Å². The molecule has 52 valence electrons. The third-order valence-corrected chi connectivity index (χ3v) is 1.08. The van der Waals surface area contributed by atoms with Gasteiger partial charge in [0, 0.05) is 12.7 Å². The summed E-state index contributed by atoms with van der Waals surface area (Å²) in [6, 6.07) is 0. The van der Waals surface area contributed by atoms with Gasteiger partial charge in [-0.2, -0.15) is 0 Å². The van der Waals surface area contributed by atoms with E-state index in [1.54, 1.807) is 19.2 Å². The predicted octanol–water partition coefficient (Wildman–Crippen LogP) is 1.57. The Kier molecular flexibility index (Phi) is 3.60. The van der Waals surface area contributed by atoms with E-state index < -0.39 is 0 Å². The number of hydrogen-bond donors (Lipinski definition) is 2. The zero-order valence-electron chi connectivity index (χ0n) is 6.10. The third kappa shape index (κ3) is 2.80. The summed E-state index contributed by atoms with van der Waals surface area (Å²) in [5.74, 6) is 0.292. The first kappa shape index (κ1) is 8.08. The summed E-state index contributed by atoms with van der Waals surface area (Å²) in [6.45, 7) is 3.68. The summed E-state index contributed by atoms with van der Waals surface area (Å²) in [6.07, 6.45) is 3.43. The van der Waals surface area contributed by atoms with E-state index in [9.17, 15) is 0 Å². The molecular weight excluding hydrogens is 114 g/mol. The summed E-state index contributed by atoms with van der Waals surface area (Å²) in [4.78, 5) is 0. The Hall–Kier alpha value is -0.920. The van der Waals surface area contributed by atoms with Crippen LogP contribution >= 0.6 is 0 Å². The Labute approximate surface area is 55.9 Å². The number of nitrogens with one attached hydrogen (secondary N) is 1. The Balaban J connectivity index is 4.10. The van der Waals surface area contributed by atoms with Crippen LogP contribution in [-0.4, -0.2) is 12.2 Å². The molecule has 0 saturated carbocycles. The molecule has 0 aliphatic heterocycles. The van der Waals surface area contributed by atoms with Crippen molar-refractivity contribution in [2.45, 2.75) is 13.8 Å². The van der Waals surface area contributed by atoms with Gasteiger partial charge < -0.3 is 10.4 Å². The van der Waals surface area contributed by atoms with E-state index in [0.29, 0.717) is 5.76 Å². The van der Waals surface area contributed by atoms with Crippen LogP contribution < -0.4 is 5.32 Å². The summed E-state index contributed by atoms with van der Waals surface area (Å²) >= 11 is 0. The maximum absolute atomic E-state index is 9.05. The monoisotopic (exact) mass is 127 g/mol. The maximum Gasteiger partial charge on any atom is 0.133 e. The lowest BCUT2D eigenvalue weighted by Crippen LogP contribution is -2.04. The summed E-state index contributed by atoms with van der Waals surface area (Å²) in [5, 5.41) is 11.9. The molecule has 0 aromatic carbocycles. The molecule has 0 aliphatic rings. The normalized spacial score (nSPS) is 13.7. The van der Waals surface area contributed by atoms with E-state index in [-0.39, 0.29) is 0 Å². The van der Waals surface area contributed by atoms with Gasteiger partial charge in [-0.3, -0.25) is 0 Å². The van der Waals surface area contributed by atoms with Crippen molar-refractivity contribution in [1.82, 2.24) is 5.32 Å². The Morgan fingerprint density at radius 2 is 2.11 bits per heavy atom. The van der Waals surface area contributed by atoms with Crippen molar-refractivity contribution in [1.29, 1.82) is 0 Å². The molecule has 0 saturated heterocycles. The molecular formula is C7H13NO. The molecule has 0 aliphatic carbocycles. The number of aliphatic hydroxyl groups is 1. The highest BCUT2D eigenvalue weighted by Gasteiger charge is 1.88. The van der Waals surface area contributed by atoms with E-state index in [1.165, 1.54) is 0 Å². The van der Waals surface area contributed by atoms with Crippen LogP contribution in [0.2, 0.25) is 0 Å². The molecule has 0 rings (SSSR count). The van der Waals surface area contributed by atoms with Crippen LogP contribution in [0, 0.1) is 0 Å². The van der Waals surface area contributed by atoms with Gasteiger partial charge in [0.2, 0.25) is 0 Å². The van der Waals surface area contributed by atoms with Crippen LogP contribution in [0.1, 0.15) is 13.8 Å². The quantitative estimate of drug-likeness (QED) is 0.436. The van der Waals surface area contributed by atoms with Gasteiger partial charge in [-0.15, -0.1) is 0 Å². The van der Waals surface area contributed by atoms with Gasteiger partial charge in [0.15, 0.2) is 0 Å². The van der Waals surface area contributed by atoms with Gasteiger partial charge in [0.1, 0.15) is 5.76 Å². The average molecular weight is 127 g/mol. The minimum absolute atomic E-state index is 0.292. The smallest absolute Gasteiger partial charge is 0.133 e. The van der Waals surface area contributed by atoms with E-state index in [1.807, 2.05) is 13.8 Å². The predicted molar refractivity (Wildman–Crippen MR) is 39.2 cm³/mol. The Morgan fingerprint density at radius 3 is 2.44 bits per heavy atom. The van der Waals surface area contributed by atoms with Gasteiger partial charge in [0.25, 0.3) is 0 Å². The third-order valence-electron chi connectivity index (χ3n) is 1.08. The fourth-order valence-electron chi connectivity index (χ4n) is 0.411. The van der Waals surface area contributed by atoms with Crippen LogP contribution in [0.5, 0.6) is 0 Å². The Bertz CT molecular complexity index is 136. The van der Waals surface area contributed by atoms with Crippen molar-refractivity contribution in [2.75, 3.05) is 7.05 Å². The number of hydrogen-bond acceptors (Lipinski definition) is 2. The molecule has 0 unspecified atom stereocenters. The van der Waals surface area contributed by atoms with Gasteiger partial charge in [-0.1, -0.05) is 6.08 Å². The maximum atomic E-state index is 9.05. The van der Waals surface area contributed by atoms with Gasteiger partial charge in [0.05, 0.1) is 0 Å². The lowest BCUT2D eigenvalue weighted by molar-refractivity contribution is 0.421. The van der Waals surface area contributed by atoms with Crippen molar-refractivity contribution in [3.05, 3.63) is 23.6 Å². The largest absolute Gasteiger partial charge is 0.506 e. The zero-order valence-corrected chi connectivity index (χ0v) is 6.10. The van der Waals surface area contributed by atoms with Gasteiger partial charge in [-0.25, -0.2) is 0 Å². The number of rotatable bonds is 2. The van der Waals surface area contributed by atoms with Crippen molar-refractivity contribution in [3.8, 4) is 0 Å². The van der Waals surface area contributed by atoms with E-state index in [2.05, 4.69) is 5.32 Å². The molecule has 2 N–H and O–H groups in total. The summed E-state index contributed by atoms with van der Waals surface area (Å²) in [5.41, 5.74) is 0.785. The number of aliphatic hydroxyl groups excluding tert-OH is 1. The first-order chi connectivity index (χ1) is 4.22. The topological polar surface area (TPSA) is 32.3 Å². The van der Waals surface area contributed by atoms with Crippen LogP contribution in [0.15, 0.2) is 23.6 Å². The van der Waals surface area contributed by atoms with E-state index in [4.69, 9.17) is 5.11 Å². The highest BCUT2D eigenvalue weighted by Crippen LogP contribution is 1.96. The highest BCUT2D eigenvalue weighted by atomic mass is 16.3. The lowest BCUT2D eigenvalue weighted by atomic mass is 10.3. The van der Waals surface area contributed by atoms with Crippen LogP contribution in [-0.2, 0) is 0 Å². The molecule has 0 radical (unpaired) electrons. The van der Waals surface area contributed by atoms with Gasteiger partial charge in [-0.05, 0) is 19.9 Å². The number of allylic oxidation sites excluding steroid dienone is 3. The fraction of sp³-hybridized carbons (Fsp3) is 0.429. The molecule has 0 heterocycles. The fourth-order valence-corrected chi connectivity index (χ4v) is 0.411. The SMILES string of the molecule is C/C=C\C(O)=C(/C)NC. The molecule has 2 nitrogen and oxygen atoms in total. The lowest BCUT2D eigenvalue weighted by Gasteiger charge is -1.98. The zero-order chi connectivity index (χ0) is 7.28.